The lowest BCUT2D eigenvalue weighted by molar-refractivity contribution is -0.138. The molecule has 2 aliphatic rings. The minimum atomic E-state index is -0.00722. The average Bonchev–Trinajstić information content (AvgIpc) is 2.98. The second kappa shape index (κ2) is 8.05. The molecule has 1 amide bonds. The highest BCUT2D eigenvalue weighted by molar-refractivity contribution is 5.76. The van der Waals surface area contributed by atoms with Crippen molar-refractivity contribution in [2.45, 2.75) is 44.1 Å². The van der Waals surface area contributed by atoms with E-state index < -0.39 is 0 Å². The van der Waals surface area contributed by atoms with E-state index in [2.05, 4.69) is 16.0 Å². The Morgan fingerprint density at radius 2 is 2.29 bits per heavy atom. The Morgan fingerprint density at radius 1 is 1.42 bits per heavy atom. The maximum Gasteiger partial charge on any atom is 0.248 e. The first-order valence-corrected chi connectivity index (χ1v) is 8.70. The van der Waals surface area contributed by atoms with Crippen molar-refractivity contribution in [3.63, 3.8) is 0 Å². The Labute approximate surface area is 143 Å². The van der Waals surface area contributed by atoms with Gasteiger partial charge in [0.2, 0.25) is 5.91 Å². The molecule has 0 radical (unpaired) electrons. The van der Waals surface area contributed by atoms with E-state index in [-0.39, 0.29) is 24.7 Å². The summed E-state index contributed by atoms with van der Waals surface area (Å²) in [7, 11) is 3.48. The molecule has 2 saturated heterocycles. The van der Waals surface area contributed by atoms with Crippen molar-refractivity contribution in [2.75, 3.05) is 33.9 Å². The molecule has 1 aromatic rings. The summed E-state index contributed by atoms with van der Waals surface area (Å²) in [4.78, 5) is 19.8. The van der Waals surface area contributed by atoms with Gasteiger partial charge in [-0.3, -0.25) is 14.7 Å². The number of ether oxygens (including phenoxy) is 2. The lowest BCUT2D eigenvalue weighted by Gasteiger charge is -2.36. The predicted octanol–water partition coefficient (Wildman–Crippen LogP) is 1.31. The number of likely N-dealkylation sites (N-methyl/N-ethyl adjacent to an activating group) is 1. The first-order valence-electron chi connectivity index (χ1n) is 8.70. The van der Waals surface area contributed by atoms with Crippen LogP contribution in [0.5, 0.6) is 0 Å². The van der Waals surface area contributed by atoms with Crippen LogP contribution in [0.2, 0.25) is 0 Å². The molecular weight excluding hydrogens is 306 g/mol. The number of aromatic nitrogens is 1. The van der Waals surface area contributed by atoms with Gasteiger partial charge in [0.25, 0.3) is 0 Å². The largest absolute Gasteiger partial charge is 0.371 e. The van der Waals surface area contributed by atoms with Gasteiger partial charge < -0.3 is 14.4 Å². The number of rotatable bonds is 6. The molecule has 3 atom stereocenters. The topological polar surface area (TPSA) is 54.9 Å². The Morgan fingerprint density at radius 3 is 3.04 bits per heavy atom. The molecule has 0 bridgehead atoms. The Hall–Kier alpha value is -1.50. The summed E-state index contributed by atoms with van der Waals surface area (Å²) < 4.78 is 11.7. The molecule has 6 heteroatoms. The molecule has 132 valence electrons. The number of hydrogen-bond acceptors (Lipinski definition) is 5. The third-order valence-corrected chi connectivity index (χ3v) is 4.89. The van der Waals surface area contributed by atoms with Crippen LogP contribution < -0.4 is 0 Å². The van der Waals surface area contributed by atoms with Crippen molar-refractivity contribution in [3.8, 4) is 0 Å². The molecule has 2 aliphatic heterocycles. The van der Waals surface area contributed by atoms with E-state index in [9.17, 15) is 4.79 Å². The fourth-order valence-electron chi connectivity index (χ4n) is 3.54. The van der Waals surface area contributed by atoms with E-state index in [4.69, 9.17) is 9.47 Å². The van der Waals surface area contributed by atoms with Crippen LogP contribution in [0.3, 0.4) is 0 Å². The first kappa shape index (κ1) is 17.3. The van der Waals surface area contributed by atoms with Gasteiger partial charge >= 0.3 is 0 Å². The number of carbonyl (C=O) groups is 1. The second-order valence-corrected chi connectivity index (χ2v) is 6.86. The number of fused-ring (bicyclic) bond motifs is 1. The van der Waals surface area contributed by atoms with Gasteiger partial charge in [-0.25, -0.2) is 0 Å². The minimum Gasteiger partial charge on any atom is -0.371 e. The Balaban J connectivity index is 1.44. The van der Waals surface area contributed by atoms with Gasteiger partial charge in [0.05, 0.1) is 18.8 Å². The van der Waals surface area contributed by atoms with Gasteiger partial charge in [-0.15, -0.1) is 0 Å². The minimum absolute atomic E-state index is 0.00722. The highest BCUT2D eigenvalue weighted by Gasteiger charge is 2.39. The van der Waals surface area contributed by atoms with E-state index in [1.54, 1.807) is 19.0 Å². The SMILES string of the molecule is CN(C)C(=O)COCC1CC[C@H]2[C@H](CCN2Cc2cccnc2)O1. The zero-order valence-electron chi connectivity index (χ0n) is 14.6. The quantitative estimate of drug-likeness (QED) is 0.786. The van der Waals surface area contributed by atoms with Gasteiger partial charge in [-0.2, -0.15) is 0 Å². The van der Waals surface area contributed by atoms with Gasteiger partial charge in [0, 0.05) is 45.6 Å². The first-order chi connectivity index (χ1) is 11.6. The standard InChI is InChI=1S/C18H27N3O3/c1-20(2)18(22)13-23-12-15-5-6-16-17(24-15)7-9-21(16)11-14-4-3-8-19-10-14/h3-4,8,10,15-17H,5-7,9,11-13H2,1-2H3/t15?,16-,17-/m0/s1. The summed E-state index contributed by atoms with van der Waals surface area (Å²) in [5, 5.41) is 0. The summed E-state index contributed by atoms with van der Waals surface area (Å²) in [6.45, 7) is 2.65. The van der Waals surface area contributed by atoms with E-state index in [0.29, 0.717) is 12.6 Å². The predicted molar refractivity (Wildman–Crippen MR) is 90.5 cm³/mol. The molecule has 24 heavy (non-hydrogen) atoms. The third-order valence-electron chi connectivity index (χ3n) is 4.89. The summed E-state index contributed by atoms with van der Waals surface area (Å²) in [6.07, 6.45) is 7.33. The Kier molecular flexibility index (Phi) is 5.81. The smallest absolute Gasteiger partial charge is 0.248 e. The maximum absolute atomic E-state index is 11.5. The molecule has 2 fully saturated rings. The molecule has 3 heterocycles. The molecule has 6 nitrogen and oxygen atoms in total. The third kappa shape index (κ3) is 4.32. The molecule has 0 spiro atoms. The lowest BCUT2D eigenvalue weighted by Crippen LogP contribution is -2.43. The number of likely N-dealkylation sites (tertiary alicyclic amines) is 1. The Bertz CT molecular complexity index is 538. The molecule has 1 aromatic heterocycles. The fraction of sp³-hybridized carbons (Fsp3) is 0.667. The van der Waals surface area contributed by atoms with Gasteiger partial charge in [0.1, 0.15) is 6.61 Å². The zero-order chi connectivity index (χ0) is 16.9. The van der Waals surface area contributed by atoms with Crippen molar-refractivity contribution < 1.29 is 14.3 Å². The van der Waals surface area contributed by atoms with Crippen LogP contribution in [0.1, 0.15) is 24.8 Å². The summed E-state index contributed by atoms with van der Waals surface area (Å²) in [5.41, 5.74) is 1.26. The van der Waals surface area contributed by atoms with Crippen LogP contribution in [0.25, 0.3) is 0 Å². The summed E-state index contributed by atoms with van der Waals surface area (Å²) in [5.74, 6) is -0.00722. The zero-order valence-corrected chi connectivity index (χ0v) is 14.6. The van der Waals surface area contributed by atoms with E-state index in [1.807, 2.05) is 18.5 Å². The molecular formula is C18H27N3O3. The second-order valence-electron chi connectivity index (χ2n) is 6.86. The number of hydrogen-bond donors (Lipinski definition) is 0. The van der Waals surface area contributed by atoms with Crippen molar-refractivity contribution in [1.82, 2.24) is 14.8 Å². The average molecular weight is 333 g/mol. The lowest BCUT2D eigenvalue weighted by atomic mass is 9.99. The monoisotopic (exact) mass is 333 g/mol. The van der Waals surface area contributed by atoms with Crippen molar-refractivity contribution in [1.29, 1.82) is 0 Å². The number of pyridine rings is 1. The molecule has 0 saturated carbocycles. The normalized spacial score (nSPS) is 27.0. The van der Waals surface area contributed by atoms with Crippen molar-refractivity contribution in [2.24, 2.45) is 0 Å². The van der Waals surface area contributed by atoms with Crippen LogP contribution in [-0.4, -0.2) is 72.8 Å². The molecule has 3 rings (SSSR count). The summed E-state index contributed by atoms with van der Waals surface area (Å²) in [6, 6.07) is 4.61. The van der Waals surface area contributed by atoms with Gasteiger partial charge in [0.15, 0.2) is 0 Å². The number of carbonyl (C=O) groups excluding carboxylic acids is 1. The van der Waals surface area contributed by atoms with Crippen molar-refractivity contribution >= 4 is 5.91 Å². The maximum atomic E-state index is 11.5. The van der Waals surface area contributed by atoms with Gasteiger partial charge in [-0.1, -0.05) is 6.07 Å². The molecule has 0 N–H and O–H groups in total. The van der Waals surface area contributed by atoms with Crippen LogP contribution in [0.15, 0.2) is 24.5 Å². The van der Waals surface area contributed by atoms with Crippen LogP contribution in [-0.2, 0) is 20.8 Å². The van der Waals surface area contributed by atoms with Crippen molar-refractivity contribution in [3.05, 3.63) is 30.1 Å². The van der Waals surface area contributed by atoms with Crippen LogP contribution in [0.4, 0.5) is 0 Å². The highest BCUT2D eigenvalue weighted by Crippen LogP contribution is 2.32. The van der Waals surface area contributed by atoms with E-state index in [1.165, 1.54) is 5.56 Å². The number of amides is 1. The fourth-order valence-corrected chi connectivity index (χ4v) is 3.54. The molecule has 0 aliphatic carbocycles. The summed E-state index contributed by atoms with van der Waals surface area (Å²) >= 11 is 0. The van der Waals surface area contributed by atoms with Crippen LogP contribution >= 0.6 is 0 Å². The van der Waals surface area contributed by atoms with Gasteiger partial charge in [-0.05, 0) is 30.9 Å². The van der Waals surface area contributed by atoms with E-state index >= 15 is 0 Å². The highest BCUT2D eigenvalue weighted by atomic mass is 16.5. The van der Waals surface area contributed by atoms with E-state index in [0.717, 1.165) is 32.4 Å². The molecule has 1 unspecified atom stereocenters. The van der Waals surface area contributed by atoms with Crippen LogP contribution in [0, 0.1) is 0 Å². The molecule has 0 aromatic carbocycles. The number of nitrogens with zero attached hydrogens (tertiary/aromatic N) is 3.